The van der Waals surface area contributed by atoms with Crippen molar-refractivity contribution in [3.8, 4) is 6.07 Å². The van der Waals surface area contributed by atoms with Crippen LogP contribution in [0.2, 0.25) is 0 Å². The monoisotopic (exact) mass is 290 g/mol. The van der Waals surface area contributed by atoms with Gasteiger partial charge in [-0.3, -0.25) is 9.69 Å². The van der Waals surface area contributed by atoms with Crippen LogP contribution in [-0.2, 0) is 16.1 Å². The molecule has 2 atom stereocenters. The third-order valence-electron chi connectivity index (χ3n) is 4.40. The minimum Gasteiger partial charge on any atom is -0.469 e. The Labute approximate surface area is 124 Å². The number of hydrogen-bond donors (Lipinski definition) is 0. The molecule has 0 amide bonds. The van der Waals surface area contributed by atoms with E-state index in [1.807, 2.05) is 24.8 Å². The van der Waals surface area contributed by atoms with Gasteiger partial charge in [0.1, 0.15) is 5.82 Å². The highest BCUT2D eigenvalue weighted by molar-refractivity contribution is 5.77. The molecule has 0 saturated carbocycles. The van der Waals surface area contributed by atoms with E-state index < -0.39 is 5.41 Å². The Morgan fingerprint density at radius 1 is 1.62 bits per heavy atom. The van der Waals surface area contributed by atoms with Crippen LogP contribution in [0.1, 0.15) is 25.0 Å². The van der Waals surface area contributed by atoms with Gasteiger partial charge in [-0.25, -0.2) is 4.39 Å². The maximum absolute atomic E-state index is 13.9. The number of halogens is 1. The lowest BCUT2D eigenvalue weighted by atomic mass is 9.81. The molecule has 1 aromatic rings. The molecule has 112 valence electrons. The maximum atomic E-state index is 13.9. The van der Waals surface area contributed by atoms with Gasteiger partial charge < -0.3 is 4.74 Å². The zero-order valence-electron chi connectivity index (χ0n) is 12.5. The van der Waals surface area contributed by atoms with E-state index in [-0.39, 0.29) is 17.7 Å². The van der Waals surface area contributed by atoms with E-state index >= 15 is 0 Å². The first-order chi connectivity index (χ1) is 9.90. The Morgan fingerprint density at radius 3 is 2.90 bits per heavy atom. The second-order valence-corrected chi connectivity index (χ2v) is 5.90. The fourth-order valence-corrected chi connectivity index (χ4v) is 2.88. The van der Waals surface area contributed by atoms with Crippen molar-refractivity contribution >= 4 is 5.97 Å². The van der Waals surface area contributed by atoms with E-state index in [9.17, 15) is 9.18 Å². The SMILES string of the molecule is COC(=O)[C@]1(C)CN(Cc2ccc(C#N)cc2F)C[C@H]1C. The molecular formula is C16H19FN2O2. The highest BCUT2D eigenvalue weighted by Crippen LogP contribution is 2.37. The smallest absolute Gasteiger partial charge is 0.313 e. The number of carbonyl (C=O) groups is 1. The lowest BCUT2D eigenvalue weighted by molar-refractivity contribution is -0.152. The predicted molar refractivity (Wildman–Crippen MR) is 75.7 cm³/mol. The molecule has 4 nitrogen and oxygen atoms in total. The Bertz CT molecular complexity index is 596. The van der Waals surface area contributed by atoms with Crippen molar-refractivity contribution in [1.29, 1.82) is 5.26 Å². The molecule has 1 aliphatic heterocycles. The predicted octanol–water partition coefficient (Wildman–Crippen LogP) is 2.33. The summed E-state index contributed by atoms with van der Waals surface area (Å²) in [5.74, 6) is -0.461. The number of benzene rings is 1. The maximum Gasteiger partial charge on any atom is 0.313 e. The Balaban J connectivity index is 2.12. The molecule has 1 aliphatic rings. The summed E-state index contributed by atoms with van der Waals surface area (Å²) in [5.41, 5.74) is 0.290. The van der Waals surface area contributed by atoms with Gasteiger partial charge in [0, 0.05) is 25.2 Å². The summed E-state index contributed by atoms with van der Waals surface area (Å²) in [6, 6.07) is 6.40. The van der Waals surface area contributed by atoms with Crippen molar-refractivity contribution < 1.29 is 13.9 Å². The number of carbonyl (C=O) groups excluding carboxylic acids is 1. The highest BCUT2D eigenvalue weighted by Gasteiger charge is 2.47. The largest absolute Gasteiger partial charge is 0.469 e. The molecule has 0 aromatic heterocycles. The summed E-state index contributed by atoms with van der Waals surface area (Å²) in [4.78, 5) is 14.0. The average molecular weight is 290 g/mol. The van der Waals surface area contributed by atoms with Crippen molar-refractivity contribution in [2.24, 2.45) is 11.3 Å². The fourth-order valence-electron chi connectivity index (χ4n) is 2.88. The van der Waals surface area contributed by atoms with Crippen LogP contribution in [0.5, 0.6) is 0 Å². The van der Waals surface area contributed by atoms with Crippen LogP contribution in [0.25, 0.3) is 0 Å². The first-order valence-electron chi connectivity index (χ1n) is 6.90. The topological polar surface area (TPSA) is 53.3 Å². The van der Waals surface area contributed by atoms with Crippen molar-refractivity contribution in [2.45, 2.75) is 20.4 Å². The molecule has 1 heterocycles. The van der Waals surface area contributed by atoms with E-state index in [0.717, 1.165) is 0 Å². The number of nitriles is 1. The Kier molecular flexibility index (Phi) is 4.29. The van der Waals surface area contributed by atoms with Crippen molar-refractivity contribution in [3.63, 3.8) is 0 Å². The van der Waals surface area contributed by atoms with E-state index in [1.54, 1.807) is 12.1 Å². The number of ether oxygens (including phenoxy) is 1. The van der Waals surface area contributed by atoms with E-state index in [4.69, 9.17) is 10.00 Å². The molecule has 0 aliphatic carbocycles. The summed E-state index contributed by atoms with van der Waals surface area (Å²) in [5, 5.41) is 8.75. The number of methoxy groups -OCH3 is 1. The summed E-state index contributed by atoms with van der Waals surface area (Å²) < 4.78 is 18.8. The molecule has 0 N–H and O–H groups in total. The first-order valence-corrected chi connectivity index (χ1v) is 6.90. The zero-order chi connectivity index (χ0) is 15.6. The van der Waals surface area contributed by atoms with Gasteiger partial charge in [0.25, 0.3) is 0 Å². The van der Waals surface area contributed by atoms with Crippen LogP contribution in [0.15, 0.2) is 18.2 Å². The standard InChI is InChI=1S/C16H19FN2O2/c1-11-8-19(10-16(11,2)15(20)21-3)9-13-5-4-12(7-18)6-14(13)17/h4-6,11H,8-10H2,1-3H3/t11-,16-/m1/s1. The minimum atomic E-state index is -0.558. The summed E-state index contributed by atoms with van der Waals surface area (Å²) in [6.45, 7) is 5.57. The molecule has 5 heteroatoms. The molecule has 0 radical (unpaired) electrons. The molecular weight excluding hydrogens is 271 g/mol. The van der Waals surface area contributed by atoms with E-state index in [2.05, 4.69) is 0 Å². The Morgan fingerprint density at radius 2 is 2.33 bits per heavy atom. The van der Waals surface area contributed by atoms with Crippen molar-refractivity contribution in [2.75, 3.05) is 20.2 Å². The highest BCUT2D eigenvalue weighted by atomic mass is 19.1. The number of likely N-dealkylation sites (tertiary alicyclic amines) is 1. The van der Waals surface area contributed by atoms with Crippen LogP contribution in [0, 0.1) is 28.5 Å². The normalized spacial score (nSPS) is 25.6. The third-order valence-corrected chi connectivity index (χ3v) is 4.40. The average Bonchev–Trinajstić information content (AvgIpc) is 2.76. The van der Waals surface area contributed by atoms with Crippen molar-refractivity contribution in [3.05, 3.63) is 35.1 Å². The molecule has 1 saturated heterocycles. The molecule has 0 bridgehead atoms. The molecule has 0 unspecified atom stereocenters. The van der Waals surface area contributed by atoms with Crippen LogP contribution in [-0.4, -0.2) is 31.1 Å². The van der Waals surface area contributed by atoms with Gasteiger partial charge in [0.15, 0.2) is 0 Å². The summed E-state index contributed by atoms with van der Waals surface area (Å²) in [6.07, 6.45) is 0. The number of rotatable bonds is 3. The molecule has 1 fully saturated rings. The van der Waals surface area contributed by atoms with Crippen LogP contribution < -0.4 is 0 Å². The van der Waals surface area contributed by atoms with Gasteiger partial charge in [-0.1, -0.05) is 13.0 Å². The van der Waals surface area contributed by atoms with E-state index in [0.29, 0.717) is 30.8 Å². The molecule has 21 heavy (non-hydrogen) atoms. The van der Waals surface area contributed by atoms with Gasteiger partial charge in [-0.2, -0.15) is 5.26 Å². The van der Waals surface area contributed by atoms with Gasteiger partial charge in [-0.15, -0.1) is 0 Å². The molecule has 1 aromatic carbocycles. The minimum absolute atomic E-state index is 0.145. The third kappa shape index (κ3) is 2.91. The van der Waals surface area contributed by atoms with Gasteiger partial charge in [0.2, 0.25) is 0 Å². The number of esters is 1. The lowest BCUT2D eigenvalue weighted by Crippen LogP contribution is -2.36. The quantitative estimate of drug-likeness (QED) is 0.802. The molecule has 2 rings (SSSR count). The van der Waals surface area contributed by atoms with E-state index in [1.165, 1.54) is 13.2 Å². The number of nitrogens with zero attached hydrogens (tertiary/aromatic N) is 2. The Hall–Kier alpha value is -1.93. The van der Waals surface area contributed by atoms with Gasteiger partial charge in [0.05, 0.1) is 24.2 Å². The van der Waals surface area contributed by atoms with Crippen LogP contribution in [0.3, 0.4) is 0 Å². The molecule has 0 spiro atoms. The van der Waals surface area contributed by atoms with Crippen molar-refractivity contribution in [1.82, 2.24) is 4.90 Å². The second-order valence-electron chi connectivity index (χ2n) is 5.90. The summed E-state index contributed by atoms with van der Waals surface area (Å²) >= 11 is 0. The van der Waals surface area contributed by atoms with Gasteiger partial charge in [-0.05, 0) is 25.0 Å². The van der Waals surface area contributed by atoms with Crippen LogP contribution in [0.4, 0.5) is 4.39 Å². The zero-order valence-corrected chi connectivity index (χ0v) is 12.5. The number of hydrogen-bond acceptors (Lipinski definition) is 4. The second kappa shape index (κ2) is 5.82. The summed E-state index contributed by atoms with van der Waals surface area (Å²) in [7, 11) is 1.39. The van der Waals surface area contributed by atoms with Crippen LogP contribution >= 0.6 is 0 Å². The fraction of sp³-hybridized carbons (Fsp3) is 0.500. The first kappa shape index (κ1) is 15.5. The van der Waals surface area contributed by atoms with Gasteiger partial charge >= 0.3 is 5.97 Å². The lowest BCUT2D eigenvalue weighted by Gasteiger charge is -2.25.